The molecule has 0 aromatic carbocycles. The van der Waals surface area contributed by atoms with E-state index in [1.807, 2.05) is 11.8 Å². The van der Waals surface area contributed by atoms with E-state index >= 15 is 0 Å². The number of aliphatic imine (C=N–C) groups is 1. The van der Waals surface area contributed by atoms with Gasteiger partial charge < -0.3 is 4.90 Å². The molecule has 1 aliphatic heterocycles. The van der Waals surface area contributed by atoms with Crippen LogP contribution in [0.25, 0.3) is 0 Å². The number of halogens is 1. The van der Waals surface area contributed by atoms with E-state index in [1.54, 1.807) is 0 Å². The van der Waals surface area contributed by atoms with E-state index in [9.17, 15) is 0 Å². The van der Waals surface area contributed by atoms with Crippen molar-refractivity contribution in [2.24, 2.45) is 4.99 Å². The quantitative estimate of drug-likeness (QED) is 0.568. The molecule has 14 heavy (non-hydrogen) atoms. The molecular formula is C10H19BrN2S. The first kappa shape index (κ1) is 12.4. The Hall–Kier alpha value is 0.300. The first-order valence-electron chi connectivity index (χ1n) is 5.26. The predicted octanol–water partition coefficient (Wildman–Crippen LogP) is 2.97. The maximum atomic E-state index is 4.54. The van der Waals surface area contributed by atoms with Gasteiger partial charge in [-0.05, 0) is 6.42 Å². The molecule has 0 saturated carbocycles. The molecule has 1 heterocycles. The Balaban J connectivity index is 2.21. The van der Waals surface area contributed by atoms with Crippen molar-refractivity contribution in [3.63, 3.8) is 0 Å². The summed E-state index contributed by atoms with van der Waals surface area (Å²) in [5.74, 6) is 0. The van der Waals surface area contributed by atoms with Crippen LogP contribution in [-0.4, -0.2) is 40.8 Å². The smallest absolute Gasteiger partial charge is 0.159 e. The zero-order valence-electron chi connectivity index (χ0n) is 9.00. The van der Waals surface area contributed by atoms with Crippen LogP contribution >= 0.6 is 27.7 Å². The fourth-order valence-electron chi connectivity index (χ4n) is 1.39. The van der Waals surface area contributed by atoms with E-state index in [0.29, 0.717) is 5.25 Å². The Labute approximate surface area is 99.7 Å². The van der Waals surface area contributed by atoms with Crippen LogP contribution in [0.2, 0.25) is 0 Å². The highest BCUT2D eigenvalue weighted by Gasteiger charge is 2.20. The highest BCUT2D eigenvalue weighted by molar-refractivity contribution is 9.09. The molecule has 0 aliphatic carbocycles. The molecule has 0 saturated heterocycles. The molecule has 1 aliphatic rings. The molecule has 0 fully saturated rings. The van der Waals surface area contributed by atoms with Gasteiger partial charge in [0.05, 0.1) is 6.54 Å². The van der Waals surface area contributed by atoms with Crippen LogP contribution in [0.3, 0.4) is 0 Å². The molecule has 82 valence electrons. The van der Waals surface area contributed by atoms with Gasteiger partial charge in [-0.15, -0.1) is 0 Å². The molecule has 1 rings (SSSR count). The van der Waals surface area contributed by atoms with Gasteiger partial charge in [-0.2, -0.15) is 0 Å². The number of alkyl halides is 1. The average molecular weight is 279 g/mol. The Morgan fingerprint density at radius 3 is 2.93 bits per heavy atom. The van der Waals surface area contributed by atoms with Crippen LogP contribution in [-0.2, 0) is 0 Å². The van der Waals surface area contributed by atoms with E-state index < -0.39 is 0 Å². The van der Waals surface area contributed by atoms with Crippen LogP contribution in [0, 0.1) is 0 Å². The molecular weight excluding hydrogens is 260 g/mol. The van der Waals surface area contributed by atoms with Gasteiger partial charge in [-0.3, -0.25) is 4.99 Å². The van der Waals surface area contributed by atoms with Gasteiger partial charge in [-0.25, -0.2) is 0 Å². The zero-order chi connectivity index (χ0) is 10.4. The van der Waals surface area contributed by atoms with Crippen molar-refractivity contribution in [2.75, 3.05) is 25.5 Å². The van der Waals surface area contributed by atoms with Crippen molar-refractivity contribution >= 4 is 32.9 Å². The van der Waals surface area contributed by atoms with Gasteiger partial charge in [0.25, 0.3) is 0 Å². The van der Waals surface area contributed by atoms with Crippen molar-refractivity contribution < 1.29 is 0 Å². The lowest BCUT2D eigenvalue weighted by molar-refractivity contribution is 0.483. The fourth-order valence-corrected chi connectivity index (χ4v) is 2.92. The van der Waals surface area contributed by atoms with Crippen molar-refractivity contribution in [1.82, 2.24) is 4.90 Å². The Bertz CT molecular complexity index is 197. The second kappa shape index (κ2) is 6.72. The highest BCUT2D eigenvalue weighted by atomic mass is 79.9. The predicted molar refractivity (Wildman–Crippen MR) is 69.6 cm³/mol. The number of nitrogens with zero attached hydrogens (tertiary/aromatic N) is 2. The maximum Gasteiger partial charge on any atom is 0.159 e. The largest absolute Gasteiger partial charge is 0.355 e. The van der Waals surface area contributed by atoms with Gasteiger partial charge in [0, 0.05) is 24.2 Å². The van der Waals surface area contributed by atoms with Crippen LogP contribution in [0.1, 0.15) is 26.2 Å². The molecule has 2 nitrogen and oxygen atoms in total. The second-order valence-corrected chi connectivity index (χ2v) is 5.56. The van der Waals surface area contributed by atoms with Crippen molar-refractivity contribution in [3.8, 4) is 0 Å². The lowest BCUT2D eigenvalue weighted by Crippen LogP contribution is -2.24. The number of hydrogen-bond donors (Lipinski definition) is 0. The fraction of sp³-hybridized carbons (Fsp3) is 0.900. The third kappa shape index (κ3) is 3.81. The van der Waals surface area contributed by atoms with E-state index in [-0.39, 0.29) is 0 Å². The summed E-state index contributed by atoms with van der Waals surface area (Å²) in [7, 11) is 2.15. The molecule has 0 aromatic rings. The summed E-state index contributed by atoms with van der Waals surface area (Å²) in [4.78, 5) is 6.84. The summed E-state index contributed by atoms with van der Waals surface area (Å²) in [6, 6.07) is 0. The Morgan fingerprint density at radius 1 is 1.57 bits per heavy atom. The lowest BCUT2D eigenvalue weighted by Gasteiger charge is -2.18. The number of unbranched alkanes of at least 4 members (excludes halogenated alkanes) is 2. The van der Waals surface area contributed by atoms with Crippen LogP contribution in [0.4, 0.5) is 0 Å². The van der Waals surface area contributed by atoms with E-state index in [0.717, 1.165) is 18.4 Å². The SMILES string of the molecule is CCCCCN(C)C1=NCC(CBr)S1. The monoisotopic (exact) mass is 278 g/mol. The number of rotatable bonds is 5. The van der Waals surface area contributed by atoms with Crippen LogP contribution < -0.4 is 0 Å². The van der Waals surface area contributed by atoms with E-state index in [4.69, 9.17) is 0 Å². The summed E-state index contributed by atoms with van der Waals surface area (Å²) < 4.78 is 0. The van der Waals surface area contributed by atoms with Gasteiger partial charge in [0.15, 0.2) is 5.17 Å². The van der Waals surface area contributed by atoms with E-state index in [1.165, 1.54) is 24.4 Å². The van der Waals surface area contributed by atoms with Crippen molar-refractivity contribution in [3.05, 3.63) is 0 Å². The van der Waals surface area contributed by atoms with E-state index in [2.05, 4.69) is 39.8 Å². The highest BCUT2D eigenvalue weighted by Crippen LogP contribution is 2.24. The molecule has 0 aromatic heterocycles. The number of thioether (sulfide) groups is 1. The zero-order valence-corrected chi connectivity index (χ0v) is 11.4. The molecule has 1 atom stereocenters. The average Bonchev–Trinajstić information content (AvgIpc) is 2.66. The number of hydrogen-bond acceptors (Lipinski definition) is 3. The Kier molecular flexibility index (Phi) is 5.94. The number of amidine groups is 1. The molecule has 0 N–H and O–H groups in total. The summed E-state index contributed by atoms with van der Waals surface area (Å²) in [6.45, 7) is 4.36. The van der Waals surface area contributed by atoms with Crippen molar-refractivity contribution in [1.29, 1.82) is 0 Å². The second-order valence-electron chi connectivity index (χ2n) is 3.65. The minimum absolute atomic E-state index is 0.652. The third-order valence-corrected chi connectivity index (χ3v) is 4.81. The van der Waals surface area contributed by atoms with Gasteiger partial charge >= 0.3 is 0 Å². The van der Waals surface area contributed by atoms with Crippen LogP contribution in [0.5, 0.6) is 0 Å². The third-order valence-electron chi connectivity index (χ3n) is 2.30. The minimum atomic E-state index is 0.652. The van der Waals surface area contributed by atoms with Gasteiger partial charge in [0.2, 0.25) is 0 Å². The molecule has 0 bridgehead atoms. The molecule has 0 amide bonds. The standard InChI is InChI=1S/C10H19BrN2S/c1-3-4-5-6-13(2)10-12-8-9(7-11)14-10/h9H,3-8H2,1-2H3. The Morgan fingerprint density at radius 2 is 2.36 bits per heavy atom. The summed E-state index contributed by atoms with van der Waals surface area (Å²) in [5, 5.41) is 2.93. The lowest BCUT2D eigenvalue weighted by atomic mass is 10.2. The first-order valence-corrected chi connectivity index (χ1v) is 7.26. The van der Waals surface area contributed by atoms with Crippen molar-refractivity contribution in [2.45, 2.75) is 31.4 Å². The van der Waals surface area contributed by atoms with Crippen LogP contribution in [0.15, 0.2) is 4.99 Å². The molecule has 0 spiro atoms. The van der Waals surface area contributed by atoms with Gasteiger partial charge in [0.1, 0.15) is 0 Å². The molecule has 1 unspecified atom stereocenters. The topological polar surface area (TPSA) is 15.6 Å². The minimum Gasteiger partial charge on any atom is -0.355 e. The summed E-state index contributed by atoms with van der Waals surface area (Å²) in [6.07, 6.45) is 3.90. The molecule has 0 radical (unpaired) electrons. The normalized spacial score (nSPS) is 21.1. The van der Waals surface area contributed by atoms with Gasteiger partial charge in [-0.1, -0.05) is 47.5 Å². The summed E-state index contributed by atoms with van der Waals surface area (Å²) >= 11 is 5.41. The maximum absolute atomic E-state index is 4.54. The molecule has 4 heteroatoms. The first-order chi connectivity index (χ1) is 6.77. The summed E-state index contributed by atoms with van der Waals surface area (Å²) in [5.41, 5.74) is 0.